The summed E-state index contributed by atoms with van der Waals surface area (Å²) in [5.41, 5.74) is 3.08. The molecule has 0 aliphatic heterocycles. The molecule has 0 saturated heterocycles. The number of carbonyl (C=O) groups excluding carboxylic acids is 1. The molecule has 0 radical (unpaired) electrons. The summed E-state index contributed by atoms with van der Waals surface area (Å²) in [5, 5.41) is 0. The van der Waals surface area contributed by atoms with Gasteiger partial charge in [-0.15, -0.1) is 0 Å². The van der Waals surface area contributed by atoms with E-state index in [1.165, 1.54) is 12.1 Å². The first kappa shape index (κ1) is 18.2. The highest BCUT2D eigenvalue weighted by Crippen LogP contribution is 2.24. The largest absolute Gasteiger partial charge is 0.311 e. The second-order valence-corrected chi connectivity index (χ2v) is 8.38. The minimum Gasteiger partial charge on any atom is -0.311 e. The van der Waals surface area contributed by atoms with Gasteiger partial charge in [-0.3, -0.25) is 4.79 Å². The summed E-state index contributed by atoms with van der Waals surface area (Å²) in [4.78, 5) is 14.6. The zero-order valence-electron chi connectivity index (χ0n) is 14.7. The van der Waals surface area contributed by atoms with Crippen LogP contribution in [0.4, 0.5) is 5.69 Å². The van der Waals surface area contributed by atoms with E-state index >= 15 is 0 Å². The maximum absolute atomic E-state index is 12.9. The lowest BCUT2D eigenvalue weighted by molar-refractivity contribution is 0.0992. The molecule has 0 atom stereocenters. The van der Waals surface area contributed by atoms with Gasteiger partial charge in [-0.25, -0.2) is 8.42 Å². The Morgan fingerprint density at radius 3 is 2.33 bits per heavy atom. The molecule has 0 saturated carbocycles. The molecule has 0 N–H and O–H groups in total. The molecule has 5 heteroatoms. The fourth-order valence-corrected chi connectivity index (χ4v) is 3.10. The smallest absolute Gasteiger partial charge is 0.258 e. The first-order valence-corrected chi connectivity index (χ1v) is 9.69. The molecule has 4 nitrogen and oxygen atoms in total. The topological polar surface area (TPSA) is 54.5 Å². The Morgan fingerprint density at radius 2 is 1.75 bits per heavy atom. The van der Waals surface area contributed by atoms with Gasteiger partial charge in [0, 0.05) is 24.6 Å². The highest BCUT2D eigenvalue weighted by atomic mass is 32.2. The number of amides is 1. The Balaban J connectivity index is 2.43. The molecule has 0 unspecified atom stereocenters. The van der Waals surface area contributed by atoms with Crippen molar-refractivity contribution >= 4 is 21.4 Å². The Morgan fingerprint density at radius 1 is 1.08 bits per heavy atom. The van der Waals surface area contributed by atoms with Gasteiger partial charge in [0.25, 0.3) is 5.91 Å². The summed E-state index contributed by atoms with van der Waals surface area (Å²) in [6.45, 7) is 6.00. The average molecular weight is 345 g/mol. The van der Waals surface area contributed by atoms with Crippen LogP contribution in [0, 0.1) is 6.92 Å². The number of sulfone groups is 1. The zero-order chi connectivity index (χ0) is 18.1. The van der Waals surface area contributed by atoms with Crippen LogP contribution in [0.1, 0.15) is 41.3 Å². The van der Waals surface area contributed by atoms with Gasteiger partial charge in [0.05, 0.1) is 4.90 Å². The van der Waals surface area contributed by atoms with E-state index in [-0.39, 0.29) is 10.8 Å². The number of anilines is 1. The summed E-state index contributed by atoms with van der Waals surface area (Å²) in [7, 11) is -1.65. The highest BCUT2D eigenvalue weighted by molar-refractivity contribution is 7.90. The molecule has 2 aromatic rings. The predicted octanol–water partition coefficient (Wildman–Crippen LogP) is 3.80. The zero-order valence-corrected chi connectivity index (χ0v) is 15.5. The quantitative estimate of drug-likeness (QED) is 0.847. The maximum Gasteiger partial charge on any atom is 0.258 e. The van der Waals surface area contributed by atoms with Gasteiger partial charge in [-0.2, -0.15) is 0 Å². The highest BCUT2D eigenvalue weighted by Gasteiger charge is 2.19. The molecule has 1 amide bonds. The lowest BCUT2D eigenvalue weighted by Gasteiger charge is -2.20. The van der Waals surface area contributed by atoms with Crippen LogP contribution >= 0.6 is 0 Å². The van der Waals surface area contributed by atoms with Crippen molar-refractivity contribution in [3.05, 3.63) is 59.2 Å². The second kappa shape index (κ2) is 6.77. The van der Waals surface area contributed by atoms with E-state index in [2.05, 4.69) is 13.8 Å². The lowest BCUT2D eigenvalue weighted by Crippen LogP contribution is -2.27. The monoisotopic (exact) mass is 345 g/mol. The normalized spacial score (nSPS) is 11.6. The third-order valence-electron chi connectivity index (χ3n) is 4.10. The van der Waals surface area contributed by atoms with Gasteiger partial charge >= 0.3 is 0 Å². The summed E-state index contributed by atoms with van der Waals surface area (Å²) in [6.07, 6.45) is 1.14. The van der Waals surface area contributed by atoms with E-state index in [1.807, 2.05) is 24.3 Å². The van der Waals surface area contributed by atoms with E-state index in [4.69, 9.17) is 0 Å². The van der Waals surface area contributed by atoms with Gasteiger partial charge < -0.3 is 4.90 Å². The van der Waals surface area contributed by atoms with Gasteiger partial charge in [-0.05, 0) is 48.2 Å². The van der Waals surface area contributed by atoms with Crippen LogP contribution in [0.5, 0.6) is 0 Å². The van der Waals surface area contributed by atoms with Gasteiger partial charge in [0.1, 0.15) is 0 Å². The Kier molecular flexibility index (Phi) is 5.13. The molecular formula is C19H23NO3S. The molecule has 0 aromatic heterocycles. The van der Waals surface area contributed by atoms with Crippen molar-refractivity contribution in [1.29, 1.82) is 0 Å². The fourth-order valence-electron chi connectivity index (χ4n) is 2.45. The van der Waals surface area contributed by atoms with Crippen LogP contribution in [0.15, 0.2) is 47.4 Å². The number of carbonyl (C=O) groups is 1. The van der Waals surface area contributed by atoms with E-state index in [0.717, 1.165) is 23.1 Å². The number of rotatable bonds is 4. The molecule has 0 aliphatic rings. The summed E-state index contributed by atoms with van der Waals surface area (Å²) >= 11 is 0. The minimum atomic E-state index is -3.35. The molecule has 0 aliphatic carbocycles. The molecule has 0 spiro atoms. The van der Waals surface area contributed by atoms with Crippen molar-refractivity contribution in [2.24, 2.45) is 0 Å². The first-order valence-electron chi connectivity index (χ1n) is 7.80. The average Bonchev–Trinajstić information content (AvgIpc) is 2.53. The summed E-state index contributed by atoms with van der Waals surface area (Å²) in [5.74, 6) is 0.141. The van der Waals surface area contributed by atoms with Gasteiger partial charge in [0.2, 0.25) is 0 Å². The van der Waals surface area contributed by atoms with Crippen LogP contribution in [-0.2, 0) is 9.84 Å². The van der Waals surface area contributed by atoms with E-state index in [9.17, 15) is 13.2 Å². The predicted molar refractivity (Wildman–Crippen MR) is 97.6 cm³/mol. The molecule has 0 fully saturated rings. The molecular weight excluding hydrogens is 322 g/mol. The third kappa shape index (κ3) is 3.85. The van der Waals surface area contributed by atoms with Gasteiger partial charge in [0.15, 0.2) is 9.84 Å². The fraction of sp³-hybridized carbons (Fsp3) is 0.316. The van der Waals surface area contributed by atoms with Crippen molar-refractivity contribution in [3.8, 4) is 0 Å². The van der Waals surface area contributed by atoms with Crippen LogP contribution in [0.2, 0.25) is 0 Å². The van der Waals surface area contributed by atoms with Crippen molar-refractivity contribution in [2.45, 2.75) is 31.6 Å². The van der Waals surface area contributed by atoms with Crippen LogP contribution in [0.3, 0.4) is 0 Å². The number of nitrogens with zero attached hydrogens (tertiary/aromatic N) is 1. The number of benzene rings is 2. The Labute approximate surface area is 144 Å². The molecule has 2 rings (SSSR count). The van der Waals surface area contributed by atoms with Crippen LogP contribution in [-0.4, -0.2) is 27.6 Å². The van der Waals surface area contributed by atoms with E-state index < -0.39 is 9.84 Å². The first-order chi connectivity index (χ1) is 11.1. The summed E-state index contributed by atoms with van der Waals surface area (Å²) in [6, 6.07) is 12.5. The van der Waals surface area contributed by atoms with Crippen molar-refractivity contribution in [2.75, 3.05) is 18.2 Å². The molecule has 0 bridgehead atoms. The standard InChI is InChI=1S/C19H23NO3S/c1-13(2)15-7-6-8-16(11-15)20(4)19(21)18-12-17(24(5,22)23)10-9-14(18)3/h6-13H,1-5H3. The molecule has 0 heterocycles. The van der Waals surface area contributed by atoms with Crippen LogP contribution in [0.25, 0.3) is 0 Å². The Hall–Kier alpha value is -2.14. The number of hydrogen-bond donors (Lipinski definition) is 0. The molecule has 2 aromatic carbocycles. The Bertz CT molecular complexity index is 870. The van der Waals surface area contributed by atoms with Crippen molar-refractivity contribution < 1.29 is 13.2 Å². The van der Waals surface area contributed by atoms with E-state index in [0.29, 0.717) is 11.5 Å². The van der Waals surface area contributed by atoms with Crippen molar-refractivity contribution in [1.82, 2.24) is 0 Å². The van der Waals surface area contributed by atoms with Crippen molar-refractivity contribution in [3.63, 3.8) is 0 Å². The SMILES string of the molecule is Cc1ccc(S(C)(=O)=O)cc1C(=O)N(C)c1cccc(C(C)C)c1. The molecule has 24 heavy (non-hydrogen) atoms. The maximum atomic E-state index is 12.9. The lowest BCUT2D eigenvalue weighted by atomic mass is 10.0. The van der Waals surface area contributed by atoms with Gasteiger partial charge in [-0.1, -0.05) is 32.0 Å². The summed E-state index contributed by atoms with van der Waals surface area (Å²) < 4.78 is 23.5. The minimum absolute atomic E-state index is 0.154. The number of hydrogen-bond acceptors (Lipinski definition) is 3. The second-order valence-electron chi connectivity index (χ2n) is 6.36. The van der Waals surface area contributed by atoms with Crippen LogP contribution < -0.4 is 4.90 Å². The number of aryl methyl sites for hydroxylation is 1. The van der Waals surface area contributed by atoms with E-state index in [1.54, 1.807) is 24.9 Å². The molecule has 128 valence electrons. The third-order valence-corrected chi connectivity index (χ3v) is 5.21.